The predicted octanol–water partition coefficient (Wildman–Crippen LogP) is 2.46. The van der Waals surface area contributed by atoms with Crippen molar-refractivity contribution >= 4 is 17.5 Å². The highest BCUT2D eigenvalue weighted by Gasteiger charge is 2.38. The van der Waals surface area contributed by atoms with Gasteiger partial charge in [0.1, 0.15) is 0 Å². The number of piperidine rings is 1. The van der Waals surface area contributed by atoms with Gasteiger partial charge in [0.2, 0.25) is 11.8 Å². The van der Waals surface area contributed by atoms with E-state index in [2.05, 4.69) is 31.3 Å². The summed E-state index contributed by atoms with van der Waals surface area (Å²) in [6, 6.07) is 4.08. The molecule has 1 aliphatic carbocycles. The molecule has 0 radical (unpaired) electrons. The summed E-state index contributed by atoms with van der Waals surface area (Å²) in [6.07, 6.45) is 5.83. The van der Waals surface area contributed by atoms with Crippen LogP contribution in [0.1, 0.15) is 50.7 Å². The summed E-state index contributed by atoms with van der Waals surface area (Å²) in [7, 11) is 0. The summed E-state index contributed by atoms with van der Waals surface area (Å²) in [5, 5.41) is 11.9. The van der Waals surface area contributed by atoms with Gasteiger partial charge in [-0.2, -0.15) is 20.2 Å². The molecule has 0 bridgehead atoms. The number of nitrogens with one attached hydrogen (secondary N) is 1. The van der Waals surface area contributed by atoms with Gasteiger partial charge in [-0.25, -0.2) is 0 Å². The molecule has 3 N–H and O–H groups in total. The number of amides is 1. The van der Waals surface area contributed by atoms with Gasteiger partial charge in [-0.05, 0) is 36.7 Å². The van der Waals surface area contributed by atoms with Crippen molar-refractivity contribution in [2.75, 3.05) is 43.5 Å². The van der Waals surface area contributed by atoms with Crippen LogP contribution in [0.3, 0.4) is 0 Å². The highest BCUT2D eigenvalue weighted by atomic mass is 16.5. The standard InChI is InChI=1S/C25H34N8O3/c1-25(2,3)15-29-22(34)21-30-23(32-24(31-21)36-14-18-10-17(18)11-26)33-8-5-16(6-9-33)13-35-20-12-28-7-4-19(20)27/h4,7,12,16-18H,5-6,8-10,13-15H2,1-3H3,(H2,27,28)(H,29,34)/t17-,18+/m1/s1. The quantitative estimate of drug-likeness (QED) is 0.531. The number of ether oxygens (including phenoxy) is 2. The first kappa shape index (κ1) is 25.4. The average molecular weight is 495 g/mol. The highest BCUT2D eigenvalue weighted by Crippen LogP contribution is 2.37. The molecule has 1 amide bonds. The van der Waals surface area contributed by atoms with Crippen molar-refractivity contribution in [2.24, 2.45) is 23.2 Å². The van der Waals surface area contributed by atoms with Gasteiger partial charge in [0.15, 0.2) is 5.75 Å². The molecule has 1 saturated carbocycles. The van der Waals surface area contributed by atoms with E-state index in [-0.39, 0.29) is 35.0 Å². The van der Waals surface area contributed by atoms with E-state index in [1.807, 2.05) is 25.7 Å². The van der Waals surface area contributed by atoms with Crippen LogP contribution in [-0.2, 0) is 0 Å². The van der Waals surface area contributed by atoms with Crippen LogP contribution in [-0.4, -0.2) is 58.7 Å². The number of aromatic nitrogens is 4. The lowest BCUT2D eigenvalue weighted by atomic mass is 9.97. The van der Waals surface area contributed by atoms with Crippen LogP contribution in [0.4, 0.5) is 11.6 Å². The molecule has 192 valence electrons. The molecule has 2 atom stereocenters. The zero-order chi connectivity index (χ0) is 25.7. The first-order chi connectivity index (χ1) is 17.2. The van der Waals surface area contributed by atoms with Gasteiger partial charge in [-0.1, -0.05) is 20.8 Å². The fourth-order valence-electron chi connectivity index (χ4n) is 3.87. The summed E-state index contributed by atoms with van der Waals surface area (Å²) >= 11 is 0. The zero-order valence-electron chi connectivity index (χ0n) is 21.1. The van der Waals surface area contributed by atoms with Crippen LogP contribution < -0.4 is 25.4 Å². The summed E-state index contributed by atoms with van der Waals surface area (Å²) in [5.41, 5.74) is 6.44. The van der Waals surface area contributed by atoms with Crippen molar-refractivity contribution in [1.29, 1.82) is 5.26 Å². The normalized spacial score (nSPS) is 19.9. The summed E-state index contributed by atoms with van der Waals surface area (Å²) in [6.45, 7) is 8.93. The van der Waals surface area contributed by atoms with E-state index in [0.29, 0.717) is 56.2 Å². The Morgan fingerprint density at radius 3 is 2.67 bits per heavy atom. The van der Waals surface area contributed by atoms with Crippen LogP contribution in [0.25, 0.3) is 0 Å². The number of hydrogen-bond donors (Lipinski definition) is 2. The topological polar surface area (TPSA) is 152 Å². The number of rotatable bonds is 9. The Kier molecular flexibility index (Phi) is 7.72. The first-order valence-electron chi connectivity index (χ1n) is 12.4. The lowest BCUT2D eigenvalue weighted by molar-refractivity contribution is 0.0926. The van der Waals surface area contributed by atoms with Gasteiger partial charge in [0.05, 0.1) is 37.1 Å². The maximum atomic E-state index is 12.8. The Hall–Kier alpha value is -3.68. The molecule has 36 heavy (non-hydrogen) atoms. The first-order valence-corrected chi connectivity index (χ1v) is 12.4. The van der Waals surface area contributed by atoms with Crippen molar-refractivity contribution in [3.05, 3.63) is 24.3 Å². The third-order valence-electron chi connectivity index (χ3n) is 6.29. The second-order valence-corrected chi connectivity index (χ2v) is 10.7. The van der Waals surface area contributed by atoms with Gasteiger partial charge >= 0.3 is 6.01 Å². The van der Waals surface area contributed by atoms with E-state index >= 15 is 0 Å². The number of pyridine rings is 1. The van der Waals surface area contributed by atoms with Crippen LogP contribution in [0, 0.1) is 34.5 Å². The fraction of sp³-hybridized carbons (Fsp3) is 0.600. The SMILES string of the molecule is CC(C)(C)CNC(=O)c1nc(OC[C@@H]2C[C@@H]2C#N)nc(N2CCC(COc3cnccc3N)CC2)n1. The van der Waals surface area contributed by atoms with Gasteiger partial charge in [-0.3, -0.25) is 9.78 Å². The minimum atomic E-state index is -0.364. The zero-order valence-corrected chi connectivity index (χ0v) is 21.1. The lowest BCUT2D eigenvalue weighted by Crippen LogP contribution is -2.38. The predicted molar refractivity (Wildman–Crippen MR) is 133 cm³/mol. The van der Waals surface area contributed by atoms with Gasteiger partial charge in [0.25, 0.3) is 5.91 Å². The summed E-state index contributed by atoms with van der Waals surface area (Å²) in [4.78, 5) is 32.1. The third kappa shape index (κ3) is 6.93. The van der Waals surface area contributed by atoms with Crippen molar-refractivity contribution < 1.29 is 14.3 Å². The van der Waals surface area contributed by atoms with Crippen molar-refractivity contribution in [3.8, 4) is 17.8 Å². The summed E-state index contributed by atoms with van der Waals surface area (Å²) < 4.78 is 11.7. The van der Waals surface area contributed by atoms with E-state index in [9.17, 15) is 4.79 Å². The van der Waals surface area contributed by atoms with Gasteiger partial charge < -0.3 is 25.4 Å². The maximum absolute atomic E-state index is 12.8. The number of nitrogens with two attached hydrogens (primary N) is 1. The lowest BCUT2D eigenvalue weighted by Gasteiger charge is -2.32. The minimum Gasteiger partial charge on any atom is -0.490 e. The van der Waals surface area contributed by atoms with E-state index in [4.69, 9.17) is 20.5 Å². The molecule has 2 aliphatic rings. The van der Waals surface area contributed by atoms with E-state index in [1.54, 1.807) is 18.5 Å². The molecule has 1 saturated heterocycles. The van der Waals surface area contributed by atoms with Crippen LogP contribution in [0.15, 0.2) is 18.5 Å². The van der Waals surface area contributed by atoms with E-state index in [0.717, 1.165) is 19.3 Å². The third-order valence-corrected chi connectivity index (χ3v) is 6.29. The molecule has 0 aromatic carbocycles. The molecular weight excluding hydrogens is 460 g/mol. The molecule has 2 aromatic heterocycles. The molecule has 4 rings (SSSR count). The Balaban J connectivity index is 1.40. The molecule has 11 nitrogen and oxygen atoms in total. The maximum Gasteiger partial charge on any atom is 0.321 e. The number of carbonyl (C=O) groups is 1. The highest BCUT2D eigenvalue weighted by molar-refractivity contribution is 5.90. The number of carbonyl (C=O) groups excluding carboxylic acids is 1. The second-order valence-electron chi connectivity index (χ2n) is 10.7. The molecule has 0 spiro atoms. The van der Waals surface area contributed by atoms with Gasteiger partial charge in [0, 0.05) is 31.7 Å². The Morgan fingerprint density at radius 1 is 1.22 bits per heavy atom. The fourth-order valence-corrected chi connectivity index (χ4v) is 3.87. The van der Waals surface area contributed by atoms with E-state index in [1.165, 1.54) is 0 Å². The summed E-state index contributed by atoms with van der Waals surface area (Å²) in [5.74, 6) is 1.23. The molecule has 0 unspecified atom stereocenters. The number of nitrogens with zero attached hydrogens (tertiary/aromatic N) is 6. The van der Waals surface area contributed by atoms with Crippen molar-refractivity contribution in [2.45, 2.75) is 40.0 Å². The molecule has 2 fully saturated rings. The smallest absolute Gasteiger partial charge is 0.321 e. The Morgan fingerprint density at radius 2 is 2.00 bits per heavy atom. The number of nitrogen functional groups attached to an aromatic ring is 1. The second kappa shape index (κ2) is 10.9. The Labute approximate surface area is 211 Å². The number of hydrogen-bond acceptors (Lipinski definition) is 10. The number of anilines is 2. The Bertz CT molecular complexity index is 1110. The molecule has 2 aromatic rings. The number of nitriles is 1. The minimum absolute atomic E-state index is 0.0177. The molecule has 1 aliphatic heterocycles. The van der Waals surface area contributed by atoms with Crippen molar-refractivity contribution in [3.63, 3.8) is 0 Å². The monoisotopic (exact) mass is 494 g/mol. The largest absolute Gasteiger partial charge is 0.490 e. The molecule has 3 heterocycles. The molecular formula is C25H34N8O3. The van der Waals surface area contributed by atoms with Crippen LogP contribution in [0.5, 0.6) is 11.8 Å². The molecule has 11 heteroatoms. The van der Waals surface area contributed by atoms with Gasteiger partial charge in [-0.15, -0.1) is 0 Å². The van der Waals surface area contributed by atoms with Crippen LogP contribution >= 0.6 is 0 Å². The average Bonchev–Trinajstić information content (AvgIpc) is 3.64. The van der Waals surface area contributed by atoms with Crippen molar-refractivity contribution in [1.82, 2.24) is 25.3 Å². The van der Waals surface area contributed by atoms with Crippen LogP contribution in [0.2, 0.25) is 0 Å². The van der Waals surface area contributed by atoms with E-state index < -0.39 is 0 Å².